The molecule has 2 atom stereocenters. The van der Waals surface area contributed by atoms with E-state index in [0.29, 0.717) is 25.9 Å². The zero-order valence-corrected chi connectivity index (χ0v) is 9.78. The lowest BCUT2D eigenvalue weighted by atomic mass is 9.94. The topological polar surface area (TPSA) is 64.3 Å². The van der Waals surface area contributed by atoms with Gasteiger partial charge in [-0.15, -0.1) is 0 Å². The number of likely N-dealkylation sites (tertiary alicyclic amines) is 1. The molecule has 0 aliphatic carbocycles. The molecule has 4 nitrogen and oxygen atoms in total. The molecule has 0 aromatic rings. The Hall–Kier alpha value is -1.29. The second-order valence-electron chi connectivity index (χ2n) is 4.59. The van der Waals surface area contributed by atoms with Crippen LogP contribution in [0.1, 0.15) is 19.3 Å². The number of alkyl halides is 3. The van der Waals surface area contributed by atoms with Gasteiger partial charge in [0.15, 0.2) is 5.92 Å². The summed E-state index contributed by atoms with van der Waals surface area (Å²) in [6, 6.07) is 1.26. The summed E-state index contributed by atoms with van der Waals surface area (Å²) in [5, 5.41) is 17.2. The fraction of sp³-hybridized carbons (Fsp3) is 0.818. The maximum atomic E-state index is 12.4. The SMILES string of the molecule is N#CC(CN1CCCC(CC(=O)O)C1)C(F)(F)F. The minimum absolute atomic E-state index is 0.0280. The Bertz CT molecular complexity index is 338. The van der Waals surface area contributed by atoms with Crippen LogP contribution in [0.25, 0.3) is 0 Å². The number of carbonyl (C=O) groups is 1. The number of aliphatic carboxylic acids is 1. The fourth-order valence-electron chi connectivity index (χ4n) is 2.21. The van der Waals surface area contributed by atoms with Crippen LogP contribution in [0.15, 0.2) is 0 Å². The highest BCUT2D eigenvalue weighted by Crippen LogP contribution is 2.28. The van der Waals surface area contributed by atoms with Gasteiger partial charge in [-0.25, -0.2) is 0 Å². The molecule has 102 valence electrons. The predicted molar refractivity (Wildman–Crippen MR) is 56.6 cm³/mol. The van der Waals surface area contributed by atoms with E-state index in [1.54, 1.807) is 4.90 Å². The van der Waals surface area contributed by atoms with E-state index in [1.165, 1.54) is 6.07 Å². The summed E-state index contributed by atoms with van der Waals surface area (Å²) < 4.78 is 37.3. The monoisotopic (exact) mass is 264 g/mol. The van der Waals surface area contributed by atoms with Gasteiger partial charge in [0.05, 0.1) is 6.07 Å². The van der Waals surface area contributed by atoms with Crippen LogP contribution in [0.3, 0.4) is 0 Å². The van der Waals surface area contributed by atoms with Gasteiger partial charge in [0.25, 0.3) is 0 Å². The Balaban J connectivity index is 2.52. The molecule has 1 aliphatic rings. The van der Waals surface area contributed by atoms with E-state index in [9.17, 15) is 18.0 Å². The number of carboxylic acids is 1. The molecule has 1 saturated heterocycles. The second kappa shape index (κ2) is 6.05. The van der Waals surface area contributed by atoms with E-state index >= 15 is 0 Å². The standard InChI is InChI=1S/C11H15F3N2O2/c12-11(13,14)9(5-15)7-16-3-1-2-8(6-16)4-10(17)18/h8-9H,1-4,6-7H2,(H,17,18). The van der Waals surface area contributed by atoms with Gasteiger partial charge < -0.3 is 10.0 Å². The second-order valence-corrected chi connectivity index (χ2v) is 4.59. The molecule has 0 saturated carbocycles. The molecule has 2 unspecified atom stereocenters. The molecule has 0 aromatic carbocycles. The molecular formula is C11H15F3N2O2. The molecule has 0 aromatic heterocycles. The number of rotatable bonds is 4. The zero-order valence-electron chi connectivity index (χ0n) is 9.78. The van der Waals surface area contributed by atoms with Gasteiger partial charge in [-0.2, -0.15) is 18.4 Å². The number of hydrogen-bond donors (Lipinski definition) is 1. The lowest BCUT2D eigenvalue weighted by Gasteiger charge is -2.33. The van der Waals surface area contributed by atoms with E-state index < -0.39 is 18.1 Å². The van der Waals surface area contributed by atoms with Crippen molar-refractivity contribution < 1.29 is 23.1 Å². The zero-order chi connectivity index (χ0) is 13.8. The summed E-state index contributed by atoms with van der Waals surface area (Å²) in [4.78, 5) is 12.1. The normalized spacial score (nSPS) is 23.3. The van der Waals surface area contributed by atoms with E-state index in [1.807, 2.05) is 0 Å². The highest BCUT2D eigenvalue weighted by molar-refractivity contribution is 5.67. The van der Waals surface area contributed by atoms with Crippen molar-refractivity contribution in [2.75, 3.05) is 19.6 Å². The van der Waals surface area contributed by atoms with Gasteiger partial charge in [-0.1, -0.05) is 0 Å². The Labute approximate surface area is 103 Å². The molecule has 1 fully saturated rings. The Morgan fingerprint density at radius 3 is 2.72 bits per heavy atom. The van der Waals surface area contributed by atoms with Crippen molar-refractivity contribution in [1.82, 2.24) is 4.90 Å². The van der Waals surface area contributed by atoms with Gasteiger partial charge in [0.2, 0.25) is 0 Å². The number of nitrogens with zero attached hydrogens (tertiary/aromatic N) is 2. The van der Waals surface area contributed by atoms with Crippen molar-refractivity contribution >= 4 is 5.97 Å². The Morgan fingerprint density at radius 2 is 2.22 bits per heavy atom. The van der Waals surface area contributed by atoms with Crippen LogP contribution in [0.4, 0.5) is 13.2 Å². The van der Waals surface area contributed by atoms with Crippen molar-refractivity contribution in [3.05, 3.63) is 0 Å². The van der Waals surface area contributed by atoms with Crippen LogP contribution in [0, 0.1) is 23.2 Å². The summed E-state index contributed by atoms with van der Waals surface area (Å²) in [6.45, 7) is 0.445. The summed E-state index contributed by atoms with van der Waals surface area (Å²) in [5.74, 6) is -3.06. The summed E-state index contributed by atoms with van der Waals surface area (Å²) >= 11 is 0. The van der Waals surface area contributed by atoms with Crippen molar-refractivity contribution in [2.24, 2.45) is 11.8 Å². The third-order valence-electron chi connectivity index (χ3n) is 3.06. The lowest BCUT2D eigenvalue weighted by Crippen LogP contribution is -2.42. The minimum Gasteiger partial charge on any atom is -0.481 e. The summed E-state index contributed by atoms with van der Waals surface area (Å²) in [6.07, 6.45) is -3.16. The van der Waals surface area contributed by atoms with Crippen LogP contribution < -0.4 is 0 Å². The predicted octanol–water partition coefficient (Wildman–Crippen LogP) is 1.88. The molecule has 1 rings (SSSR count). The van der Waals surface area contributed by atoms with Crippen LogP contribution in [0.2, 0.25) is 0 Å². The maximum absolute atomic E-state index is 12.4. The highest BCUT2D eigenvalue weighted by Gasteiger charge is 2.41. The minimum atomic E-state index is -4.52. The quantitative estimate of drug-likeness (QED) is 0.842. The molecule has 1 aliphatic heterocycles. The highest BCUT2D eigenvalue weighted by atomic mass is 19.4. The first-order valence-corrected chi connectivity index (χ1v) is 5.73. The van der Waals surface area contributed by atoms with Crippen LogP contribution in [-0.2, 0) is 4.79 Å². The third kappa shape index (κ3) is 4.53. The van der Waals surface area contributed by atoms with Gasteiger partial charge in [0.1, 0.15) is 0 Å². The molecule has 7 heteroatoms. The van der Waals surface area contributed by atoms with Gasteiger partial charge in [-0.3, -0.25) is 4.79 Å². The first-order chi connectivity index (χ1) is 8.32. The van der Waals surface area contributed by atoms with E-state index in [0.717, 1.165) is 0 Å². The Morgan fingerprint density at radius 1 is 1.56 bits per heavy atom. The largest absolute Gasteiger partial charge is 0.481 e. The molecule has 18 heavy (non-hydrogen) atoms. The first-order valence-electron chi connectivity index (χ1n) is 5.73. The van der Waals surface area contributed by atoms with Gasteiger partial charge in [-0.05, 0) is 25.3 Å². The molecule has 0 radical (unpaired) electrons. The fourth-order valence-corrected chi connectivity index (χ4v) is 2.21. The average molecular weight is 264 g/mol. The van der Waals surface area contributed by atoms with E-state index in [2.05, 4.69) is 0 Å². The van der Waals surface area contributed by atoms with Gasteiger partial charge in [0, 0.05) is 19.5 Å². The van der Waals surface area contributed by atoms with Crippen LogP contribution in [0.5, 0.6) is 0 Å². The maximum Gasteiger partial charge on any atom is 0.405 e. The van der Waals surface area contributed by atoms with Crippen molar-refractivity contribution in [3.63, 3.8) is 0 Å². The average Bonchev–Trinajstić information content (AvgIpc) is 2.23. The molecular weight excluding hydrogens is 249 g/mol. The van der Waals surface area contributed by atoms with Gasteiger partial charge >= 0.3 is 12.1 Å². The number of hydrogen-bond acceptors (Lipinski definition) is 3. The number of carboxylic acid groups (broad SMARTS) is 1. The first kappa shape index (κ1) is 14.8. The summed E-state index contributed by atoms with van der Waals surface area (Å²) in [5.41, 5.74) is 0. The number of piperidine rings is 1. The van der Waals surface area contributed by atoms with E-state index in [4.69, 9.17) is 10.4 Å². The molecule has 1 heterocycles. The molecule has 0 bridgehead atoms. The lowest BCUT2D eigenvalue weighted by molar-refractivity contribution is -0.164. The third-order valence-corrected chi connectivity index (χ3v) is 3.06. The smallest absolute Gasteiger partial charge is 0.405 e. The van der Waals surface area contributed by atoms with Crippen molar-refractivity contribution in [2.45, 2.75) is 25.4 Å². The van der Waals surface area contributed by atoms with Crippen molar-refractivity contribution in [1.29, 1.82) is 5.26 Å². The number of nitriles is 1. The molecule has 0 amide bonds. The number of halogens is 3. The van der Waals surface area contributed by atoms with Crippen LogP contribution in [-0.4, -0.2) is 41.8 Å². The molecule has 0 spiro atoms. The van der Waals surface area contributed by atoms with E-state index in [-0.39, 0.29) is 18.9 Å². The Kier molecular flexibility index (Phi) is 4.96. The summed E-state index contributed by atoms with van der Waals surface area (Å²) in [7, 11) is 0. The van der Waals surface area contributed by atoms with Crippen molar-refractivity contribution in [3.8, 4) is 6.07 Å². The molecule has 1 N–H and O–H groups in total. The van der Waals surface area contributed by atoms with Crippen LogP contribution >= 0.6 is 0 Å².